The molecule has 0 aliphatic heterocycles. The van der Waals surface area contributed by atoms with Crippen molar-refractivity contribution in [2.75, 3.05) is 11.9 Å². The van der Waals surface area contributed by atoms with Crippen molar-refractivity contribution in [1.29, 1.82) is 0 Å². The van der Waals surface area contributed by atoms with Crippen LogP contribution in [0.5, 0.6) is 0 Å². The molecule has 0 saturated heterocycles. The lowest BCUT2D eigenvalue weighted by Gasteiger charge is -2.06. The average molecular weight is 329 g/mol. The Labute approximate surface area is 139 Å². The van der Waals surface area contributed by atoms with Gasteiger partial charge in [-0.25, -0.2) is 4.79 Å². The Kier molecular flexibility index (Phi) is 5.18. The van der Waals surface area contributed by atoms with Crippen LogP contribution in [-0.4, -0.2) is 24.3 Å². The van der Waals surface area contributed by atoms with Gasteiger partial charge >= 0.3 is 5.97 Å². The molecule has 126 valence electrons. The van der Waals surface area contributed by atoms with E-state index < -0.39 is 11.9 Å². The molecule has 1 aromatic heterocycles. The third-order valence-electron chi connectivity index (χ3n) is 3.46. The van der Waals surface area contributed by atoms with Crippen molar-refractivity contribution in [3.63, 3.8) is 0 Å². The Bertz CT molecular complexity index is 786. The Morgan fingerprint density at radius 1 is 1.08 bits per heavy atom. The fourth-order valence-corrected chi connectivity index (χ4v) is 2.33. The number of furan rings is 1. The molecule has 0 bridgehead atoms. The first kappa shape index (κ1) is 17.5. The third kappa shape index (κ3) is 3.53. The summed E-state index contributed by atoms with van der Waals surface area (Å²) in [6.45, 7) is 6.59. The molecule has 0 radical (unpaired) electrons. The van der Waals surface area contributed by atoms with Crippen molar-refractivity contribution in [2.45, 2.75) is 27.7 Å². The summed E-state index contributed by atoms with van der Waals surface area (Å²) in [5, 5.41) is 2.54. The minimum Gasteiger partial charge on any atom is -0.462 e. The fourth-order valence-electron chi connectivity index (χ4n) is 2.33. The predicted octanol–water partition coefficient (Wildman–Crippen LogP) is 3.53. The lowest BCUT2D eigenvalue weighted by atomic mass is 10.1. The van der Waals surface area contributed by atoms with Crippen LogP contribution in [0.1, 0.15) is 56.2 Å². The minimum absolute atomic E-state index is 0.0534. The average Bonchev–Trinajstić information content (AvgIpc) is 2.84. The van der Waals surface area contributed by atoms with Gasteiger partial charge in [-0.2, -0.15) is 0 Å². The van der Waals surface area contributed by atoms with Crippen LogP contribution in [0.2, 0.25) is 0 Å². The molecular formula is C18H19NO5. The fraction of sp³-hybridized carbons (Fsp3) is 0.278. The zero-order valence-electron chi connectivity index (χ0n) is 14.1. The molecule has 1 amide bonds. The van der Waals surface area contributed by atoms with Crippen LogP contribution in [-0.2, 0) is 4.74 Å². The van der Waals surface area contributed by atoms with Crippen molar-refractivity contribution < 1.29 is 23.5 Å². The number of amides is 1. The van der Waals surface area contributed by atoms with Crippen molar-refractivity contribution >= 4 is 23.5 Å². The molecule has 0 unspecified atom stereocenters. The summed E-state index contributed by atoms with van der Waals surface area (Å²) >= 11 is 0. The van der Waals surface area contributed by atoms with E-state index in [0.29, 0.717) is 5.56 Å². The van der Waals surface area contributed by atoms with Gasteiger partial charge in [0.1, 0.15) is 11.3 Å². The molecule has 0 aliphatic carbocycles. The van der Waals surface area contributed by atoms with Gasteiger partial charge < -0.3 is 9.15 Å². The molecule has 0 spiro atoms. The summed E-state index contributed by atoms with van der Waals surface area (Å²) < 4.78 is 10.4. The van der Waals surface area contributed by atoms with E-state index >= 15 is 0 Å². The summed E-state index contributed by atoms with van der Waals surface area (Å²) in [5.41, 5.74) is 1.50. The standard InChI is InChI=1S/C18H19NO5/c1-5-23-18(22)15-14(11(3)20)12(4)24-17(15)19-16(21)13-8-6-10(2)7-9-13/h6-9H,5H2,1-4H3,(H,19,21). The molecule has 0 aliphatic rings. The number of hydrogen-bond acceptors (Lipinski definition) is 5. The number of ketones is 1. The maximum Gasteiger partial charge on any atom is 0.344 e. The van der Waals surface area contributed by atoms with Gasteiger partial charge in [0.2, 0.25) is 5.88 Å². The molecule has 1 aromatic carbocycles. The summed E-state index contributed by atoms with van der Waals surface area (Å²) in [4.78, 5) is 36.3. The summed E-state index contributed by atoms with van der Waals surface area (Å²) in [6.07, 6.45) is 0. The first-order valence-electron chi connectivity index (χ1n) is 7.54. The van der Waals surface area contributed by atoms with Gasteiger partial charge in [-0.15, -0.1) is 0 Å². The van der Waals surface area contributed by atoms with Gasteiger partial charge in [-0.1, -0.05) is 17.7 Å². The second-order valence-electron chi connectivity index (χ2n) is 5.33. The number of benzene rings is 1. The number of rotatable bonds is 5. The molecule has 6 heteroatoms. The largest absolute Gasteiger partial charge is 0.462 e. The highest BCUT2D eigenvalue weighted by Gasteiger charge is 2.28. The molecule has 24 heavy (non-hydrogen) atoms. The summed E-state index contributed by atoms with van der Waals surface area (Å²) in [5.74, 6) is -1.32. The zero-order chi connectivity index (χ0) is 17.9. The number of Topliss-reactive ketones (excluding diaryl/α,β-unsaturated/α-hetero) is 1. The van der Waals surface area contributed by atoms with Crippen LogP contribution in [0.3, 0.4) is 0 Å². The van der Waals surface area contributed by atoms with E-state index in [-0.39, 0.29) is 35.2 Å². The SMILES string of the molecule is CCOC(=O)c1c(NC(=O)c2ccc(C)cc2)oc(C)c1C(C)=O. The van der Waals surface area contributed by atoms with E-state index in [2.05, 4.69) is 5.32 Å². The molecule has 1 heterocycles. The van der Waals surface area contributed by atoms with E-state index in [4.69, 9.17) is 9.15 Å². The number of esters is 1. The van der Waals surface area contributed by atoms with Crippen LogP contribution in [0.25, 0.3) is 0 Å². The Morgan fingerprint density at radius 2 is 1.71 bits per heavy atom. The first-order chi connectivity index (χ1) is 11.3. The van der Waals surface area contributed by atoms with Crippen molar-refractivity contribution in [2.24, 2.45) is 0 Å². The van der Waals surface area contributed by atoms with E-state index in [1.54, 1.807) is 38.1 Å². The normalized spacial score (nSPS) is 10.3. The second-order valence-corrected chi connectivity index (χ2v) is 5.33. The first-order valence-corrected chi connectivity index (χ1v) is 7.54. The lowest BCUT2D eigenvalue weighted by molar-refractivity contribution is 0.0524. The van der Waals surface area contributed by atoms with Gasteiger partial charge in [0.15, 0.2) is 5.78 Å². The highest BCUT2D eigenvalue weighted by atomic mass is 16.5. The van der Waals surface area contributed by atoms with Gasteiger partial charge in [-0.05, 0) is 39.8 Å². The number of anilines is 1. The zero-order valence-corrected chi connectivity index (χ0v) is 14.1. The van der Waals surface area contributed by atoms with E-state index in [1.165, 1.54) is 6.92 Å². The van der Waals surface area contributed by atoms with Crippen molar-refractivity contribution in [3.05, 3.63) is 52.3 Å². The number of hydrogen-bond donors (Lipinski definition) is 1. The number of nitrogens with one attached hydrogen (secondary N) is 1. The molecule has 2 rings (SSSR count). The van der Waals surface area contributed by atoms with Crippen LogP contribution >= 0.6 is 0 Å². The summed E-state index contributed by atoms with van der Waals surface area (Å²) in [7, 11) is 0. The van der Waals surface area contributed by atoms with Gasteiger partial charge in [0, 0.05) is 5.56 Å². The second kappa shape index (κ2) is 7.12. The highest BCUT2D eigenvalue weighted by Crippen LogP contribution is 2.29. The van der Waals surface area contributed by atoms with Crippen molar-refractivity contribution in [1.82, 2.24) is 0 Å². The Morgan fingerprint density at radius 3 is 2.25 bits per heavy atom. The van der Waals surface area contributed by atoms with Crippen LogP contribution < -0.4 is 5.32 Å². The third-order valence-corrected chi connectivity index (χ3v) is 3.46. The van der Waals surface area contributed by atoms with Crippen LogP contribution in [0.4, 0.5) is 5.88 Å². The number of carbonyl (C=O) groups is 3. The number of carbonyl (C=O) groups excluding carboxylic acids is 3. The minimum atomic E-state index is -0.709. The number of ether oxygens (including phenoxy) is 1. The smallest absolute Gasteiger partial charge is 0.344 e. The number of aryl methyl sites for hydroxylation is 2. The quantitative estimate of drug-likeness (QED) is 0.670. The van der Waals surface area contributed by atoms with E-state index in [1.807, 2.05) is 6.92 Å². The Balaban J connectivity index is 2.40. The van der Waals surface area contributed by atoms with E-state index in [9.17, 15) is 14.4 Å². The maximum absolute atomic E-state index is 12.3. The van der Waals surface area contributed by atoms with Crippen LogP contribution in [0.15, 0.2) is 28.7 Å². The summed E-state index contributed by atoms with van der Waals surface area (Å²) in [6, 6.07) is 6.93. The van der Waals surface area contributed by atoms with Gasteiger partial charge in [0.25, 0.3) is 5.91 Å². The van der Waals surface area contributed by atoms with Crippen LogP contribution in [0, 0.1) is 13.8 Å². The van der Waals surface area contributed by atoms with Gasteiger partial charge in [0.05, 0.1) is 12.2 Å². The molecule has 0 fully saturated rings. The predicted molar refractivity (Wildman–Crippen MR) is 88.5 cm³/mol. The molecule has 0 saturated carbocycles. The highest BCUT2D eigenvalue weighted by molar-refractivity contribution is 6.12. The molecule has 1 N–H and O–H groups in total. The van der Waals surface area contributed by atoms with Crippen molar-refractivity contribution in [3.8, 4) is 0 Å². The van der Waals surface area contributed by atoms with E-state index in [0.717, 1.165) is 5.56 Å². The molecule has 6 nitrogen and oxygen atoms in total. The Hall–Kier alpha value is -2.89. The lowest BCUT2D eigenvalue weighted by Crippen LogP contribution is -2.16. The van der Waals surface area contributed by atoms with Gasteiger partial charge in [-0.3, -0.25) is 14.9 Å². The topological polar surface area (TPSA) is 85.6 Å². The monoisotopic (exact) mass is 329 g/mol. The molecular weight excluding hydrogens is 310 g/mol. The molecule has 0 atom stereocenters. The molecule has 2 aromatic rings. The maximum atomic E-state index is 12.3.